The largest absolute Gasteiger partial charge is 0.495 e. The molecule has 0 saturated heterocycles. The van der Waals surface area contributed by atoms with Crippen molar-refractivity contribution in [1.82, 2.24) is 0 Å². The van der Waals surface area contributed by atoms with Crippen molar-refractivity contribution >= 4 is 39.1 Å². The van der Waals surface area contributed by atoms with Gasteiger partial charge >= 0.3 is 0 Å². The first-order chi connectivity index (χ1) is 9.45. The van der Waals surface area contributed by atoms with E-state index in [0.717, 1.165) is 0 Å². The van der Waals surface area contributed by atoms with E-state index in [9.17, 15) is 9.50 Å². The molecule has 0 radical (unpaired) electrons. The van der Waals surface area contributed by atoms with Gasteiger partial charge in [0.2, 0.25) is 0 Å². The number of aliphatic hydroxyl groups is 1. The minimum Gasteiger partial charge on any atom is -0.495 e. The molecule has 2 aromatic carbocycles. The molecule has 2 nitrogen and oxygen atoms in total. The lowest BCUT2D eigenvalue weighted by Gasteiger charge is -2.15. The maximum Gasteiger partial charge on any atom is 0.149 e. The normalized spacial score (nSPS) is 12.3. The first-order valence-corrected chi connectivity index (χ1v) is 7.15. The molecule has 1 N–H and O–H groups in total. The van der Waals surface area contributed by atoms with Gasteiger partial charge in [-0.2, -0.15) is 0 Å². The van der Waals surface area contributed by atoms with Gasteiger partial charge in [-0.15, -0.1) is 0 Å². The van der Waals surface area contributed by atoms with E-state index in [2.05, 4.69) is 15.9 Å². The highest BCUT2D eigenvalue weighted by Crippen LogP contribution is 2.35. The van der Waals surface area contributed by atoms with Crippen LogP contribution in [0.25, 0.3) is 0 Å². The third kappa shape index (κ3) is 2.93. The average Bonchev–Trinajstić information content (AvgIpc) is 2.44. The maximum atomic E-state index is 14.1. The average molecular weight is 380 g/mol. The van der Waals surface area contributed by atoms with Gasteiger partial charge in [-0.1, -0.05) is 35.3 Å². The van der Waals surface area contributed by atoms with Gasteiger partial charge in [0.25, 0.3) is 0 Å². The number of hydrogen-bond acceptors (Lipinski definition) is 2. The Hall–Kier alpha value is -0.810. The summed E-state index contributed by atoms with van der Waals surface area (Å²) in [6.45, 7) is 0. The summed E-state index contributed by atoms with van der Waals surface area (Å²) in [6.07, 6.45) is -1.16. The van der Waals surface area contributed by atoms with Crippen molar-refractivity contribution in [1.29, 1.82) is 0 Å². The Bertz CT molecular complexity index is 649. The maximum absolute atomic E-state index is 14.1. The number of aliphatic hydroxyl groups excluding tert-OH is 1. The van der Waals surface area contributed by atoms with Crippen LogP contribution in [0.1, 0.15) is 17.2 Å². The second-order valence-corrected chi connectivity index (χ2v) is 5.70. The van der Waals surface area contributed by atoms with Crippen LogP contribution >= 0.6 is 39.1 Å². The topological polar surface area (TPSA) is 29.5 Å². The van der Waals surface area contributed by atoms with Crippen LogP contribution in [0.5, 0.6) is 5.75 Å². The van der Waals surface area contributed by atoms with Crippen LogP contribution in [0.15, 0.2) is 34.8 Å². The van der Waals surface area contributed by atoms with E-state index in [1.54, 1.807) is 18.2 Å². The smallest absolute Gasteiger partial charge is 0.149 e. The highest BCUT2D eigenvalue weighted by molar-refractivity contribution is 9.10. The number of rotatable bonds is 3. The molecule has 1 unspecified atom stereocenters. The highest BCUT2D eigenvalue weighted by Gasteiger charge is 2.19. The summed E-state index contributed by atoms with van der Waals surface area (Å²) in [6, 6.07) is 7.80. The van der Waals surface area contributed by atoms with E-state index in [1.807, 2.05) is 0 Å². The van der Waals surface area contributed by atoms with E-state index in [0.29, 0.717) is 20.8 Å². The zero-order chi connectivity index (χ0) is 14.9. The summed E-state index contributed by atoms with van der Waals surface area (Å²) >= 11 is 14.9. The molecule has 0 heterocycles. The molecule has 0 fully saturated rings. The third-order valence-corrected chi connectivity index (χ3v) is 4.41. The van der Waals surface area contributed by atoms with Crippen LogP contribution < -0.4 is 4.74 Å². The predicted octanol–water partition coefficient (Wildman–Crippen LogP) is 4.99. The van der Waals surface area contributed by atoms with Gasteiger partial charge in [-0.25, -0.2) is 4.39 Å². The van der Waals surface area contributed by atoms with Crippen molar-refractivity contribution in [3.05, 3.63) is 61.8 Å². The van der Waals surface area contributed by atoms with E-state index < -0.39 is 11.9 Å². The Morgan fingerprint density at radius 3 is 2.55 bits per heavy atom. The monoisotopic (exact) mass is 378 g/mol. The van der Waals surface area contributed by atoms with Crippen molar-refractivity contribution in [2.75, 3.05) is 7.11 Å². The number of halogens is 4. The van der Waals surface area contributed by atoms with Crippen LogP contribution in [0.3, 0.4) is 0 Å². The zero-order valence-corrected chi connectivity index (χ0v) is 13.4. The summed E-state index contributed by atoms with van der Waals surface area (Å²) in [5, 5.41) is 10.5. The standard InChI is InChI=1S/C14H10BrCl2FO2/c1-20-11-5-2-7(6-10(11)16)14(19)8-3-4-9(15)12(17)13(8)18/h2-6,14,19H,1H3. The Morgan fingerprint density at radius 1 is 1.25 bits per heavy atom. The Morgan fingerprint density at radius 2 is 1.95 bits per heavy atom. The van der Waals surface area contributed by atoms with Crippen molar-refractivity contribution in [2.45, 2.75) is 6.10 Å². The molecule has 0 saturated carbocycles. The summed E-state index contributed by atoms with van der Waals surface area (Å²) in [7, 11) is 1.49. The molecule has 2 aromatic rings. The molecule has 0 aliphatic heterocycles. The zero-order valence-electron chi connectivity index (χ0n) is 10.3. The molecule has 0 aromatic heterocycles. The minimum atomic E-state index is -1.16. The number of benzene rings is 2. The highest BCUT2D eigenvalue weighted by atomic mass is 79.9. The van der Waals surface area contributed by atoms with Gasteiger partial charge in [-0.05, 0) is 39.7 Å². The first-order valence-electron chi connectivity index (χ1n) is 5.60. The van der Waals surface area contributed by atoms with Gasteiger partial charge < -0.3 is 9.84 Å². The van der Waals surface area contributed by atoms with Crippen molar-refractivity contribution in [2.24, 2.45) is 0 Å². The lowest BCUT2D eigenvalue weighted by Crippen LogP contribution is -2.03. The van der Waals surface area contributed by atoms with E-state index in [4.69, 9.17) is 27.9 Å². The molecule has 0 aliphatic carbocycles. The molecule has 20 heavy (non-hydrogen) atoms. The van der Waals surface area contributed by atoms with Crippen LogP contribution in [0.2, 0.25) is 10.0 Å². The van der Waals surface area contributed by atoms with Crippen LogP contribution in [-0.4, -0.2) is 12.2 Å². The molecular weight excluding hydrogens is 370 g/mol. The Kier molecular flexibility index (Phi) is 4.91. The molecule has 6 heteroatoms. The number of ether oxygens (including phenoxy) is 1. The van der Waals surface area contributed by atoms with Gasteiger partial charge in [0.1, 0.15) is 17.7 Å². The second-order valence-electron chi connectivity index (χ2n) is 4.06. The van der Waals surface area contributed by atoms with Gasteiger partial charge in [0, 0.05) is 10.0 Å². The number of hydrogen-bond donors (Lipinski definition) is 1. The van der Waals surface area contributed by atoms with Crippen LogP contribution in [0, 0.1) is 5.82 Å². The van der Waals surface area contributed by atoms with Gasteiger partial charge in [0.15, 0.2) is 0 Å². The van der Waals surface area contributed by atoms with Crippen LogP contribution in [-0.2, 0) is 0 Å². The van der Waals surface area contributed by atoms with Crippen molar-refractivity contribution in [3.8, 4) is 5.75 Å². The molecule has 0 aliphatic rings. The van der Waals surface area contributed by atoms with E-state index in [1.165, 1.54) is 19.2 Å². The van der Waals surface area contributed by atoms with E-state index >= 15 is 0 Å². The van der Waals surface area contributed by atoms with Crippen LogP contribution in [0.4, 0.5) is 4.39 Å². The second kappa shape index (κ2) is 6.31. The lowest BCUT2D eigenvalue weighted by molar-refractivity contribution is 0.215. The molecule has 0 bridgehead atoms. The Labute approximate surface area is 134 Å². The quantitative estimate of drug-likeness (QED) is 0.761. The summed E-state index contributed by atoms with van der Waals surface area (Å²) in [5.74, 6) is -0.183. The van der Waals surface area contributed by atoms with Gasteiger partial charge in [0.05, 0.1) is 17.2 Å². The fourth-order valence-corrected chi connectivity index (χ4v) is 2.53. The fraction of sp³-hybridized carbons (Fsp3) is 0.143. The summed E-state index contributed by atoms with van der Waals surface area (Å²) < 4.78 is 19.5. The molecule has 0 amide bonds. The van der Waals surface area contributed by atoms with Gasteiger partial charge in [-0.3, -0.25) is 0 Å². The van der Waals surface area contributed by atoms with Crippen molar-refractivity contribution in [3.63, 3.8) is 0 Å². The Balaban J connectivity index is 2.44. The van der Waals surface area contributed by atoms with E-state index in [-0.39, 0.29) is 10.6 Å². The number of methoxy groups -OCH3 is 1. The van der Waals surface area contributed by atoms with Crippen molar-refractivity contribution < 1.29 is 14.2 Å². The minimum absolute atomic E-state index is 0.0684. The molecule has 2 rings (SSSR count). The fourth-order valence-electron chi connectivity index (χ4n) is 1.78. The molecule has 0 spiro atoms. The predicted molar refractivity (Wildman–Crippen MR) is 81.2 cm³/mol. The summed E-state index contributed by atoms with van der Waals surface area (Å²) in [4.78, 5) is 0. The molecule has 1 atom stereocenters. The molecule has 106 valence electrons. The molecular formula is C14H10BrCl2FO2. The lowest BCUT2D eigenvalue weighted by atomic mass is 10.0. The SMILES string of the molecule is COc1ccc(C(O)c2ccc(Br)c(Cl)c2F)cc1Cl. The summed E-state index contributed by atoms with van der Waals surface area (Å²) in [5.41, 5.74) is 0.535. The third-order valence-electron chi connectivity index (χ3n) is 2.85. The first kappa shape index (κ1) is 15.6.